The molecule has 1 aromatic rings. The van der Waals surface area contributed by atoms with E-state index in [1.54, 1.807) is 0 Å². The molecule has 18 heavy (non-hydrogen) atoms. The van der Waals surface area contributed by atoms with E-state index in [0.29, 0.717) is 5.17 Å². The van der Waals surface area contributed by atoms with Crippen molar-refractivity contribution in [3.05, 3.63) is 35.9 Å². The number of benzene rings is 1. The van der Waals surface area contributed by atoms with Crippen molar-refractivity contribution in [1.82, 2.24) is 5.32 Å². The van der Waals surface area contributed by atoms with E-state index in [9.17, 15) is 4.79 Å². The summed E-state index contributed by atoms with van der Waals surface area (Å²) in [6, 6.07) is 9.76. The van der Waals surface area contributed by atoms with Crippen molar-refractivity contribution in [2.75, 3.05) is 6.26 Å². The number of aliphatic imine (C=N–C) groups is 1. The van der Waals surface area contributed by atoms with Crippen LogP contribution in [0.15, 0.2) is 35.3 Å². The Morgan fingerprint density at radius 3 is 2.61 bits per heavy atom. The van der Waals surface area contributed by atoms with Crippen LogP contribution in [0.4, 0.5) is 4.79 Å². The predicted molar refractivity (Wildman–Crippen MR) is 75.8 cm³/mol. The molecule has 98 valence electrons. The SMILES string of the molecule is CS/C(=N/C(=O)OCc1ccccc1)NC(C)C. The van der Waals surface area contributed by atoms with E-state index in [1.165, 1.54) is 11.8 Å². The average Bonchev–Trinajstić information content (AvgIpc) is 2.36. The molecule has 0 aliphatic rings. The molecule has 0 unspecified atom stereocenters. The number of rotatable bonds is 3. The highest BCUT2D eigenvalue weighted by atomic mass is 32.2. The largest absolute Gasteiger partial charge is 0.443 e. The quantitative estimate of drug-likeness (QED) is 0.675. The van der Waals surface area contributed by atoms with Gasteiger partial charge >= 0.3 is 6.09 Å². The van der Waals surface area contributed by atoms with E-state index in [1.807, 2.05) is 50.4 Å². The summed E-state index contributed by atoms with van der Waals surface area (Å²) in [5.41, 5.74) is 0.948. The summed E-state index contributed by atoms with van der Waals surface area (Å²) in [4.78, 5) is 15.4. The van der Waals surface area contributed by atoms with Gasteiger partial charge in [-0.1, -0.05) is 42.1 Å². The fourth-order valence-corrected chi connectivity index (χ4v) is 1.74. The highest BCUT2D eigenvalue weighted by Crippen LogP contribution is 2.03. The molecule has 0 bridgehead atoms. The lowest BCUT2D eigenvalue weighted by Crippen LogP contribution is -2.28. The van der Waals surface area contributed by atoms with Crippen molar-refractivity contribution < 1.29 is 9.53 Å². The van der Waals surface area contributed by atoms with Crippen LogP contribution < -0.4 is 5.32 Å². The molecule has 1 rings (SSSR count). The summed E-state index contributed by atoms with van der Waals surface area (Å²) < 4.78 is 5.06. The van der Waals surface area contributed by atoms with Gasteiger partial charge in [-0.15, -0.1) is 0 Å². The number of ether oxygens (including phenoxy) is 1. The van der Waals surface area contributed by atoms with Crippen LogP contribution >= 0.6 is 11.8 Å². The zero-order chi connectivity index (χ0) is 13.4. The number of amides is 1. The minimum Gasteiger partial charge on any atom is -0.443 e. The molecule has 0 radical (unpaired) electrons. The molecule has 0 atom stereocenters. The molecule has 0 aliphatic carbocycles. The third-order valence-corrected chi connectivity index (χ3v) is 2.60. The molecule has 0 saturated carbocycles. The first-order chi connectivity index (χ1) is 8.61. The number of carbonyl (C=O) groups excluding carboxylic acids is 1. The second-order valence-electron chi connectivity index (χ2n) is 3.96. The summed E-state index contributed by atoms with van der Waals surface area (Å²) in [5.74, 6) is 0. The zero-order valence-corrected chi connectivity index (χ0v) is 11.7. The van der Waals surface area contributed by atoms with Gasteiger partial charge in [0.05, 0.1) is 0 Å². The monoisotopic (exact) mass is 266 g/mol. The number of hydrogen-bond acceptors (Lipinski definition) is 3. The Hall–Kier alpha value is -1.49. The molecule has 0 saturated heterocycles. The Morgan fingerprint density at radius 1 is 1.39 bits per heavy atom. The van der Waals surface area contributed by atoms with E-state index in [-0.39, 0.29) is 12.6 Å². The summed E-state index contributed by atoms with van der Waals surface area (Å²) >= 11 is 1.39. The molecular weight excluding hydrogens is 248 g/mol. The van der Waals surface area contributed by atoms with Gasteiger partial charge in [-0.05, 0) is 25.7 Å². The lowest BCUT2D eigenvalue weighted by Gasteiger charge is -2.10. The van der Waals surface area contributed by atoms with Crippen LogP contribution in [0, 0.1) is 0 Å². The van der Waals surface area contributed by atoms with Gasteiger partial charge in [-0.3, -0.25) is 0 Å². The predicted octanol–water partition coefficient (Wildman–Crippen LogP) is 3.04. The number of carbonyl (C=O) groups is 1. The highest BCUT2D eigenvalue weighted by Gasteiger charge is 2.05. The first-order valence-electron chi connectivity index (χ1n) is 5.71. The molecular formula is C13H18N2O2S. The smallest absolute Gasteiger partial charge is 0.436 e. The number of nitrogens with zero attached hydrogens (tertiary/aromatic N) is 1. The Bertz CT molecular complexity index is 405. The minimum atomic E-state index is -0.573. The van der Waals surface area contributed by atoms with Crippen molar-refractivity contribution >= 4 is 23.0 Å². The maximum atomic E-state index is 11.5. The molecule has 1 N–H and O–H groups in total. The Labute approximate surface area is 112 Å². The van der Waals surface area contributed by atoms with Crippen LogP contribution in [-0.2, 0) is 11.3 Å². The standard InChI is InChI=1S/C13H18N2O2S/c1-10(2)14-12(18-3)15-13(16)17-9-11-7-5-4-6-8-11/h4-8,10H,9H2,1-3H3,(H,14,15,16). The van der Waals surface area contributed by atoms with E-state index >= 15 is 0 Å². The van der Waals surface area contributed by atoms with Crippen LogP contribution in [0.25, 0.3) is 0 Å². The van der Waals surface area contributed by atoms with Gasteiger partial charge in [0.15, 0.2) is 5.17 Å². The van der Waals surface area contributed by atoms with Crippen molar-refractivity contribution in [3.63, 3.8) is 0 Å². The molecule has 1 amide bonds. The first-order valence-corrected chi connectivity index (χ1v) is 6.94. The fourth-order valence-electron chi connectivity index (χ4n) is 1.22. The van der Waals surface area contributed by atoms with Gasteiger partial charge < -0.3 is 10.1 Å². The third-order valence-electron chi connectivity index (χ3n) is 2.00. The van der Waals surface area contributed by atoms with Crippen molar-refractivity contribution in [2.24, 2.45) is 4.99 Å². The highest BCUT2D eigenvalue weighted by molar-refractivity contribution is 8.13. The van der Waals surface area contributed by atoms with E-state index < -0.39 is 6.09 Å². The lowest BCUT2D eigenvalue weighted by molar-refractivity contribution is 0.151. The summed E-state index contributed by atoms with van der Waals surface area (Å²) in [5, 5.41) is 3.64. The maximum absolute atomic E-state index is 11.5. The van der Waals surface area contributed by atoms with Gasteiger partial charge in [0.1, 0.15) is 6.61 Å². The second kappa shape index (κ2) is 7.76. The summed E-state index contributed by atoms with van der Waals surface area (Å²) in [7, 11) is 0. The van der Waals surface area contributed by atoms with Crippen molar-refractivity contribution in [1.29, 1.82) is 0 Å². The third kappa shape index (κ3) is 5.72. The van der Waals surface area contributed by atoms with Crippen molar-refractivity contribution in [2.45, 2.75) is 26.5 Å². The topological polar surface area (TPSA) is 50.7 Å². The van der Waals surface area contributed by atoms with Gasteiger partial charge in [-0.25, -0.2) is 4.79 Å². The van der Waals surface area contributed by atoms with Crippen LogP contribution in [-0.4, -0.2) is 23.6 Å². The van der Waals surface area contributed by atoms with Crippen molar-refractivity contribution in [3.8, 4) is 0 Å². The Kier molecular flexibility index (Phi) is 6.28. The fraction of sp³-hybridized carbons (Fsp3) is 0.385. The molecule has 0 aromatic heterocycles. The van der Waals surface area contributed by atoms with Crippen LogP contribution in [0.2, 0.25) is 0 Å². The Morgan fingerprint density at radius 2 is 2.06 bits per heavy atom. The molecule has 0 spiro atoms. The molecule has 0 aliphatic heterocycles. The number of nitrogens with one attached hydrogen (secondary N) is 1. The van der Waals surface area contributed by atoms with E-state index in [4.69, 9.17) is 4.74 Å². The molecule has 0 heterocycles. The van der Waals surface area contributed by atoms with Gasteiger partial charge in [0.2, 0.25) is 0 Å². The molecule has 5 heteroatoms. The van der Waals surface area contributed by atoms with Gasteiger partial charge in [-0.2, -0.15) is 4.99 Å². The molecule has 4 nitrogen and oxygen atoms in total. The summed E-state index contributed by atoms with van der Waals surface area (Å²) in [6.45, 7) is 4.22. The Balaban J connectivity index is 2.47. The van der Waals surface area contributed by atoms with Crippen LogP contribution in [0.5, 0.6) is 0 Å². The average molecular weight is 266 g/mol. The van der Waals surface area contributed by atoms with Gasteiger partial charge in [0.25, 0.3) is 0 Å². The lowest BCUT2D eigenvalue weighted by atomic mass is 10.2. The first kappa shape index (κ1) is 14.6. The zero-order valence-electron chi connectivity index (χ0n) is 10.8. The van der Waals surface area contributed by atoms with E-state index in [2.05, 4.69) is 10.3 Å². The minimum absolute atomic E-state index is 0.234. The maximum Gasteiger partial charge on any atom is 0.436 e. The molecule has 0 fully saturated rings. The number of hydrogen-bond donors (Lipinski definition) is 1. The van der Waals surface area contributed by atoms with Crippen LogP contribution in [0.1, 0.15) is 19.4 Å². The van der Waals surface area contributed by atoms with Gasteiger partial charge in [0, 0.05) is 6.04 Å². The normalized spacial score (nSPS) is 11.4. The number of thioether (sulfide) groups is 1. The second-order valence-corrected chi connectivity index (χ2v) is 4.76. The van der Waals surface area contributed by atoms with E-state index in [0.717, 1.165) is 5.56 Å². The summed E-state index contributed by atoms with van der Waals surface area (Å²) in [6.07, 6.45) is 1.29. The van der Waals surface area contributed by atoms with Crippen LogP contribution in [0.3, 0.4) is 0 Å². The number of amidine groups is 1. The molecule has 1 aromatic carbocycles.